The summed E-state index contributed by atoms with van der Waals surface area (Å²) in [6.45, 7) is 4.88. The van der Waals surface area contributed by atoms with Gasteiger partial charge in [0.15, 0.2) is 0 Å². The van der Waals surface area contributed by atoms with E-state index in [9.17, 15) is 4.79 Å². The highest BCUT2D eigenvalue weighted by atomic mass is 16.4. The van der Waals surface area contributed by atoms with E-state index in [0.717, 1.165) is 30.6 Å². The van der Waals surface area contributed by atoms with Gasteiger partial charge in [0.1, 0.15) is 0 Å². The Hall–Kier alpha value is -0.790. The number of carboxylic acid groups (broad SMARTS) is 1. The molecule has 18 heavy (non-hydrogen) atoms. The molecule has 0 unspecified atom stereocenters. The van der Waals surface area contributed by atoms with Crippen molar-refractivity contribution in [3.8, 4) is 0 Å². The van der Waals surface area contributed by atoms with Gasteiger partial charge >= 0.3 is 5.97 Å². The number of hydrogen-bond donors (Lipinski definition) is 1. The van der Waals surface area contributed by atoms with Crippen LogP contribution in [0, 0.1) is 23.2 Å². The van der Waals surface area contributed by atoms with Crippen LogP contribution in [0.5, 0.6) is 0 Å². The molecule has 102 valence electrons. The maximum absolute atomic E-state index is 10.4. The van der Waals surface area contributed by atoms with Crippen LogP contribution in [0.25, 0.3) is 0 Å². The average molecular weight is 250 g/mol. The van der Waals surface area contributed by atoms with Crippen molar-refractivity contribution in [2.75, 3.05) is 0 Å². The van der Waals surface area contributed by atoms with E-state index in [1.165, 1.54) is 25.7 Å². The second kappa shape index (κ2) is 5.46. The lowest BCUT2D eigenvalue weighted by molar-refractivity contribution is -0.137. The average Bonchev–Trinajstić information content (AvgIpc) is 2.33. The molecular formula is C16H26O2. The molecule has 0 aliphatic heterocycles. The first kappa shape index (κ1) is 13.6. The largest absolute Gasteiger partial charge is 0.481 e. The Morgan fingerprint density at radius 2 is 2.11 bits per heavy atom. The maximum atomic E-state index is 10.4. The molecule has 0 spiro atoms. The number of hydrogen-bond acceptors (Lipinski definition) is 1. The Bertz CT molecular complexity index is 328. The van der Waals surface area contributed by atoms with Gasteiger partial charge in [0.25, 0.3) is 0 Å². The van der Waals surface area contributed by atoms with Crippen LogP contribution in [0.15, 0.2) is 12.2 Å². The molecule has 3 aliphatic carbocycles. The molecule has 0 radical (unpaired) electrons. The van der Waals surface area contributed by atoms with Gasteiger partial charge in [-0.1, -0.05) is 26.0 Å². The van der Waals surface area contributed by atoms with E-state index < -0.39 is 5.97 Å². The molecule has 0 saturated heterocycles. The highest BCUT2D eigenvalue weighted by molar-refractivity contribution is 5.66. The molecule has 3 fully saturated rings. The summed E-state index contributed by atoms with van der Waals surface area (Å²) >= 11 is 0. The fraction of sp³-hybridized carbons (Fsp3) is 0.812. The molecule has 3 atom stereocenters. The van der Waals surface area contributed by atoms with E-state index >= 15 is 0 Å². The predicted octanol–water partition coefficient (Wildman–Crippen LogP) is 4.26. The molecule has 0 aromatic heterocycles. The van der Waals surface area contributed by atoms with Gasteiger partial charge in [-0.2, -0.15) is 0 Å². The number of allylic oxidation sites excluding steroid dienone is 2. The van der Waals surface area contributed by atoms with E-state index in [1.54, 1.807) is 0 Å². The van der Waals surface area contributed by atoms with E-state index in [4.69, 9.17) is 5.11 Å². The van der Waals surface area contributed by atoms with Crippen LogP contribution in [0.4, 0.5) is 0 Å². The standard InChI is InChI=1S/C16H26O2/c1-16(2)13-10-9-12(14(16)11-13)7-5-3-4-6-8-15(17)18/h3,5,12-14H,4,6-11H2,1-2H3,(H,17,18)/b5-3-/t12-,13-,14-/m1/s1. The van der Waals surface area contributed by atoms with Crippen molar-refractivity contribution in [2.45, 2.75) is 58.8 Å². The van der Waals surface area contributed by atoms with Gasteiger partial charge in [0.2, 0.25) is 0 Å². The topological polar surface area (TPSA) is 37.3 Å². The van der Waals surface area contributed by atoms with Crippen LogP contribution >= 0.6 is 0 Å². The summed E-state index contributed by atoms with van der Waals surface area (Å²) in [5.74, 6) is 2.11. The fourth-order valence-electron chi connectivity index (χ4n) is 4.00. The van der Waals surface area contributed by atoms with Crippen molar-refractivity contribution < 1.29 is 9.90 Å². The zero-order valence-corrected chi connectivity index (χ0v) is 11.7. The number of rotatable bonds is 6. The highest BCUT2D eigenvalue weighted by Gasteiger charge is 2.53. The Labute approximate surface area is 110 Å². The summed E-state index contributed by atoms with van der Waals surface area (Å²) in [6.07, 6.45) is 11.9. The van der Waals surface area contributed by atoms with E-state index in [1.807, 2.05) is 0 Å². The monoisotopic (exact) mass is 250 g/mol. The molecule has 0 aromatic rings. The second-order valence-electron chi connectivity index (χ2n) is 6.69. The Balaban J connectivity index is 1.68. The summed E-state index contributed by atoms with van der Waals surface area (Å²) in [5, 5.41) is 8.55. The van der Waals surface area contributed by atoms with Gasteiger partial charge in [0, 0.05) is 6.42 Å². The van der Waals surface area contributed by atoms with Crippen molar-refractivity contribution in [3.63, 3.8) is 0 Å². The minimum absolute atomic E-state index is 0.297. The van der Waals surface area contributed by atoms with Crippen LogP contribution in [-0.2, 0) is 4.79 Å². The fourth-order valence-corrected chi connectivity index (χ4v) is 4.00. The Morgan fingerprint density at radius 3 is 2.72 bits per heavy atom. The first-order chi connectivity index (χ1) is 8.51. The molecule has 2 bridgehead atoms. The second-order valence-corrected chi connectivity index (χ2v) is 6.69. The van der Waals surface area contributed by atoms with E-state index in [2.05, 4.69) is 26.0 Å². The minimum Gasteiger partial charge on any atom is -0.481 e. The van der Waals surface area contributed by atoms with Gasteiger partial charge in [-0.05, 0) is 61.7 Å². The summed E-state index contributed by atoms with van der Waals surface area (Å²) in [4.78, 5) is 10.4. The molecule has 2 nitrogen and oxygen atoms in total. The SMILES string of the molecule is CC1(C)[C@@H]2CC[C@@H](C/C=C\CCCC(=O)O)[C@H]1C2. The zero-order chi connectivity index (χ0) is 13.2. The molecule has 3 saturated carbocycles. The molecule has 1 N–H and O–H groups in total. The first-order valence-electron chi connectivity index (χ1n) is 7.38. The van der Waals surface area contributed by atoms with Crippen molar-refractivity contribution in [2.24, 2.45) is 23.2 Å². The van der Waals surface area contributed by atoms with Crippen molar-refractivity contribution in [1.82, 2.24) is 0 Å². The van der Waals surface area contributed by atoms with Crippen molar-refractivity contribution >= 4 is 5.97 Å². The number of fused-ring (bicyclic) bond motifs is 2. The van der Waals surface area contributed by atoms with Gasteiger partial charge in [0.05, 0.1) is 0 Å². The van der Waals surface area contributed by atoms with Gasteiger partial charge in [-0.25, -0.2) is 0 Å². The number of carbonyl (C=O) groups is 1. The third-order valence-corrected chi connectivity index (χ3v) is 5.37. The lowest BCUT2D eigenvalue weighted by Crippen LogP contribution is -2.52. The van der Waals surface area contributed by atoms with Gasteiger partial charge < -0.3 is 5.11 Å². The van der Waals surface area contributed by atoms with Crippen LogP contribution < -0.4 is 0 Å². The number of aliphatic carboxylic acids is 1. The molecule has 0 aromatic carbocycles. The Morgan fingerprint density at radius 1 is 1.33 bits per heavy atom. The van der Waals surface area contributed by atoms with Crippen LogP contribution in [0.3, 0.4) is 0 Å². The van der Waals surface area contributed by atoms with Crippen LogP contribution in [0.2, 0.25) is 0 Å². The summed E-state index contributed by atoms with van der Waals surface area (Å²) < 4.78 is 0. The summed E-state index contributed by atoms with van der Waals surface area (Å²) in [6, 6.07) is 0. The molecule has 3 aliphatic rings. The summed E-state index contributed by atoms with van der Waals surface area (Å²) in [7, 11) is 0. The quantitative estimate of drug-likeness (QED) is 0.565. The third kappa shape index (κ3) is 2.78. The molecule has 3 rings (SSSR count). The summed E-state index contributed by atoms with van der Waals surface area (Å²) in [5.41, 5.74) is 0.583. The van der Waals surface area contributed by atoms with Crippen LogP contribution in [0.1, 0.15) is 58.8 Å². The molecule has 0 amide bonds. The van der Waals surface area contributed by atoms with Crippen molar-refractivity contribution in [1.29, 1.82) is 0 Å². The normalized spacial score (nSPS) is 33.3. The first-order valence-corrected chi connectivity index (χ1v) is 7.38. The molecule has 0 heterocycles. The van der Waals surface area contributed by atoms with Crippen molar-refractivity contribution in [3.05, 3.63) is 12.2 Å². The number of carboxylic acids is 1. The third-order valence-electron chi connectivity index (χ3n) is 5.37. The predicted molar refractivity (Wildman–Crippen MR) is 73.3 cm³/mol. The Kier molecular flexibility index (Phi) is 4.14. The molecular weight excluding hydrogens is 224 g/mol. The van der Waals surface area contributed by atoms with Gasteiger partial charge in [-0.3, -0.25) is 4.79 Å². The lowest BCUT2D eigenvalue weighted by atomic mass is 9.45. The molecule has 2 heteroatoms. The van der Waals surface area contributed by atoms with Gasteiger partial charge in [-0.15, -0.1) is 0 Å². The lowest BCUT2D eigenvalue weighted by Gasteiger charge is -2.60. The van der Waals surface area contributed by atoms with E-state index in [-0.39, 0.29) is 0 Å². The van der Waals surface area contributed by atoms with Crippen LogP contribution in [-0.4, -0.2) is 11.1 Å². The smallest absolute Gasteiger partial charge is 0.303 e. The van der Waals surface area contributed by atoms with E-state index in [0.29, 0.717) is 11.8 Å². The maximum Gasteiger partial charge on any atom is 0.303 e. The zero-order valence-electron chi connectivity index (χ0n) is 11.7. The number of unbranched alkanes of at least 4 members (excludes halogenated alkanes) is 1. The highest BCUT2D eigenvalue weighted by Crippen LogP contribution is 2.62. The minimum atomic E-state index is -0.682.